The minimum absolute atomic E-state index is 0.0207. The van der Waals surface area contributed by atoms with E-state index in [1.807, 2.05) is 0 Å². The Hall–Kier alpha value is -2.30. The van der Waals surface area contributed by atoms with Crippen molar-refractivity contribution in [3.8, 4) is 11.5 Å². The number of ether oxygens (including phenoxy) is 2. The maximum absolute atomic E-state index is 13.8. The van der Waals surface area contributed by atoms with Crippen LogP contribution in [0.25, 0.3) is 0 Å². The van der Waals surface area contributed by atoms with Gasteiger partial charge in [-0.3, -0.25) is 0 Å². The molecule has 0 aromatic heterocycles. The first kappa shape index (κ1) is 13.7. The standard InChI is InChI=1S/C16H15F2NO2/c1-10(16-12(17)3-2-4-13(16)18)19-11-5-6-14-15(9-11)21-8-7-20-14/h2-6,9-10,19H,7-8H2,1H3. The van der Waals surface area contributed by atoms with E-state index in [4.69, 9.17) is 9.47 Å². The molecule has 1 aliphatic heterocycles. The van der Waals surface area contributed by atoms with E-state index in [9.17, 15) is 8.78 Å². The summed E-state index contributed by atoms with van der Waals surface area (Å²) in [6.45, 7) is 2.73. The van der Waals surface area contributed by atoms with E-state index in [-0.39, 0.29) is 5.56 Å². The first-order chi connectivity index (χ1) is 10.1. The second kappa shape index (κ2) is 5.60. The number of anilines is 1. The van der Waals surface area contributed by atoms with Crippen molar-refractivity contribution in [2.24, 2.45) is 0 Å². The van der Waals surface area contributed by atoms with E-state index in [1.54, 1.807) is 25.1 Å². The molecule has 21 heavy (non-hydrogen) atoms. The van der Waals surface area contributed by atoms with Crippen molar-refractivity contribution in [2.45, 2.75) is 13.0 Å². The molecule has 0 aliphatic carbocycles. The predicted molar refractivity (Wildman–Crippen MR) is 75.8 cm³/mol. The lowest BCUT2D eigenvalue weighted by Crippen LogP contribution is -2.16. The molecule has 1 atom stereocenters. The van der Waals surface area contributed by atoms with E-state index in [1.165, 1.54) is 18.2 Å². The van der Waals surface area contributed by atoms with Crippen LogP contribution in [-0.2, 0) is 0 Å². The molecule has 5 heteroatoms. The fourth-order valence-corrected chi connectivity index (χ4v) is 2.38. The van der Waals surface area contributed by atoms with Crippen LogP contribution >= 0.6 is 0 Å². The van der Waals surface area contributed by atoms with Crippen LogP contribution in [0.15, 0.2) is 36.4 Å². The van der Waals surface area contributed by atoms with Crippen LogP contribution in [0.5, 0.6) is 11.5 Å². The van der Waals surface area contributed by atoms with Gasteiger partial charge in [-0.15, -0.1) is 0 Å². The Bertz CT molecular complexity index is 640. The Balaban J connectivity index is 1.83. The normalized spacial score (nSPS) is 14.6. The molecule has 0 bridgehead atoms. The minimum atomic E-state index is -0.562. The zero-order valence-corrected chi connectivity index (χ0v) is 11.5. The van der Waals surface area contributed by atoms with Crippen LogP contribution in [0.1, 0.15) is 18.5 Å². The number of rotatable bonds is 3. The highest BCUT2D eigenvalue weighted by Gasteiger charge is 2.17. The summed E-state index contributed by atoms with van der Waals surface area (Å²) in [5, 5.41) is 3.07. The Kier molecular flexibility index (Phi) is 3.64. The second-order valence-electron chi connectivity index (χ2n) is 4.86. The Labute approximate surface area is 121 Å². The van der Waals surface area contributed by atoms with Crippen molar-refractivity contribution < 1.29 is 18.3 Å². The molecule has 0 saturated heterocycles. The number of hydrogen-bond acceptors (Lipinski definition) is 3. The molecule has 1 aliphatic rings. The van der Waals surface area contributed by atoms with Gasteiger partial charge in [-0.2, -0.15) is 0 Å². The van der Waals surface area contributed by atoms with Crippen LogP contribution < -0.4 is 14.8 Å². The van der Waals surface area contributed by atoms with Gasteiger partial charge in [-0.25, -0.2) is 8.78 Å². The third-order valence-corrected chi connectivity index (χ3v) is 3.36. The molecule has 0 saturated carbocycles. The molecule has 0 spiro atoms. The molecule has 0 amide bonds. The molecule has 3 rings (SSSR count). The zero-order valence-electron chi connectivity index (χ0n) is 11.5. The molecule has 1 heterocycles. The zero-order chi connectivity index (χ0) is 14.8. The molecule has 2 aromatic rings. The van der Waals surface area contributed by atoms with Gasteiger partial charge in [0, 0.05) is 17.3 Å². The summed E-state index contributed by atoms with van der Waals surface area (Å²) < 4.78 is 38.4. The molecular formula is C16H15F2NO2. The smallest absolute Gasteiger partial charge is 0.163 e. The van der Waals surface area contributed by atoms with Gasteiger partial charge in [-0.1, -0.05) is 6.07 Å². The molecule has 1 N–H and O–H groups in total. The first-order valence-electron chi connectivity index (χ1n) is 6.75. The number of fused-ring (bicyclic) bond motifs is 1. The average Bonchev–Trinajstić information content (AvgIpc) is 2.47. The van der Waals surface area contributed by atoms with Gasteiger partial charge in [-0.05, 0) is 31.2 Å². The Morgan fingerprint density at radius 3 is 2.38 bits per heavy atom. The summed E-state index contributed by atoms with van der Waals surface area (Å²) in [4.78, 5) is 0. The third-order valence-electron chi connectivity index (χ3n) is 3.36. The molecule has 1 unspecified atom stereocenters. The lowest BCUT2D eigenvalue weighted by atomic mass is 10.1. The van der Waals surface area contributed by atoms with Crippen molar-refractivity contribution in [3.05, 3.63) is 53.6 Å². The number of hydrogen-bond donors (Lipinski definition) is 1. The quantitative estimate of drug-likeness (QED) is 0.930. The number of halogens is 2. The van der Waals surface area contributed by atoms with E-state index in [0.717, 1.165) is 5.69 Å². The summed E-state index contributed by atoms with van der Waals surface area (Å²) in [7, 11) is 0. The van der Waals surface area contributed by atoms with Crippen molar-refractivity contribution >= 4 is 5.69 Å². The minimum Gasteiger partial charge on any atom is -0.486 e. The van der Waals surface area contributed by atoms with Crippen LogP contribution in [0.3, 0.4) is 0 Å². The summed E-state index contributed by atoms with van der Waals surface area (Å²) >= 11 is 0. The van der Waals surface area contributed by atoms with Crippen molar-refractivity contribution in [2.75, 3.05) is 18.5 Å². The molecule has 2 aromatic carbocycles. The molecule has 3 nitrogen and oxygen atoms in total. The third kappa shape index (κ3) is 2.77. The highest BCUT2D eigenvalue weighted by Crippen LogP contribution is 2.34. The predicted octanol–water partition coefficient (Wildman–Crippen LogP) is 3.91. The van der Waals surface area contributed by atoms with Crippen molar-refractivity contribution in [1.82, 2.24) is 0 Å². The van der Waals surface area contributed by atoms with Gasteiger partial charge < -0.3 is 14.8 Å². The Morgan fingerprint density at radius 1 is 1.00 bits per heavy atom. The number of nitrogens with one attached hydrogen (secondary N) is 1. The van der Waals surface area contributed by atoms with E-state index in [0.29, 0.717) is 24.7 Å². The van der Waals surface area contributed by atoms with Gasteiger partial charge in [0.15, 0.2) is 11.5 Å². The van der Waals surface area contributed by atoms with Crippen molar-refractivity contribution in [3.63, 3.8) is 0 Å². The molecule has 0 fully saturated rings. The fraction of sp³-hybridized carbons (Fsp3) is 0.250. The van der Waals surface area contributed by atoms with Gasteiger partial charge in [0.05, 0.1) is 6.04 Å². The average molecular weight is 291 g/mol. The Morgan fingerprint density at radius 2 is 1.67 bits per heavy atom. The van der Waals surface area contributed by atoms with E-state index < -0.39 is 17.7 Å². The van der Waals surface area contributed by atoms with Crippen LogP contribution in [0.4, 0.5) is 14.5 Å². The van der Waals surface area contributed by atoms with E-state index >= 15 is 0 Å². The van der Waals surface area contributed by atoms with Crippen LogP contribution in [-0.4, -0.2) is 13.2 Å². The van der Waals surface area contributed by atoms with Gasteiger partial charge in [0.1, 0.15) is 24.8 Å². The lowest BCUT2D eigenvalue weighted by Gasteiger charge is -2.21. The van der Waals surface area contributed by atoms with E-state index in [2.05, 4.69) is 5.32 Å². The summed E-state index contributed by atoms with van der Waals surface area (Å²) in [6.07, 6.45) is 0. The maximum atomic E-state index is 13.8. The second-order valence-corrected chi connectivity index (χ2v) is 4.86. The summed E-state index contributed by atoms with van der Waals surface area (Å²) in [6, 6.07) is 8.69. The highest BCUT2D eigenvalue weighted by atomic mass is 19.1. The maximum Gasteiger partial charge on any atom is 0.163 e. The first-order valence-corrected chi connectivity index (χ1v) is 6.75. The summed E-state index contributed by atoms with van der Waals surface area (Å²) in [5.74, 6) is 0.184. The van der Waals surface area contributed by atoms with Crippen LogP contribution in [0, 0.1) is 11.6 Å². The number of benzene rings is 2. The van der Waals surface area contributed by atoms with Crippen LogP contribution in [0.2, 0.25) is 0 Å². The molecule has 110 valence electrons. The SMILES string of the molecule is CC(Nc1ccc2c(c1)OCCO2)c1c(F)cccc1F. The highest BCUT2D eigenvalue weighted by molar-refractivity contribution is 5.56. The largest absolute Gasteiger partial charge is 0.486 e. The van der Waals surface area contributed by atoms with Gasteiger partial charge in [0.2, 0.25) is 0 Å². The lowest BCUT2D eigenvalue weighted by molar-refractivity contribution is 0.171. The summed E-state index contributed by atoms with van der Waals surface area (Å²) in [5.41, 5.74) is 0.738. The fourth-order valence-electron chi connectivity index (χ4n) is 2.38. The monoisotopic (exact) mass is 291 g/mol. The van der Waals surface area contributed by atoms with Gasteiger partial charge >= 0.3 is 0 Å². The molecular weight excluding hydrogens is 276 g/mol. The van der Waals surface area contributed by atoms with Gasteiger partial charge in [0.25, 0.3) is 0 Å². The van der Waals surface area contributed by atoms with Crippen molar-refractivity contribution in [1.29, 1.82) is 0 Å². The molecule has 0 radical (unpaired) electrons. The topological polar surface area (TPSA) is 30.5 Å².